The molecule has 1 aliphatic carbocycles. The summed E-state index contributed by atoms with van der Waals surface area (Å²) < 4.78 is 24.7. The second-order valence-corrected chi connectivity index (χ2v) is 5.94. The van der Waals surface area contributed by atoms with Crippen molar-refractivity contribution in [3.05, 3.63) is 42.3 Å². The number of hydrogen-bond donors (Lipinski definition) is 1. The fourth-order valence-electron chi connectivity index (χ4n) is 2.95. The molecule has 25 heavy (non-hydrogen) atoms. The Morgan fingerprint density at radius 1 is 1.12 bits per heavy atom. The molecule has 128 valence electrons. The Bertz CT molecular complexity index is 891. The van der Waals surface area contributed by atoms with Gasteiger partial charge in [0, 0.05) is 6.20 Å². The molecule has 2 aromatic heterocycles. The molecule has 4 rings (SSSR count). The summed E-state index contributed by atoms with van der Waals surface area (Å²) in [5.41, 5.74) is 0.737. The Labute approximate surface area is 143 Å². The molecule has 0 saturated heterocycles. The van der Waals surface area contributed by atoms with Gasteiger partial charge in [-0.25, -0.2) is 9.37 Å². The van der Waals surface area contributed by atoms with Crippen molar-refractivity contribution in [2.75, 3.05) is 0 Å². The molecule has 0 radical (unpaired) electrons. The molecule has 3 aromatic rings. The number of aromatic nitrogens is 3. The van der Waals surface area contributed by atoms with E-state index in [-0.39, 0.29) is 23.4 Å². The Balaban J connectivity index is 1.67. The molecule has 7 heteroatoms. The number of aromatic hydroxyl groups is 1. The van der Waals surface area contributed by atoms with Crippen molar-refractivity contribution in [3.63, 3.8) is 0 Å². The normalized spacial score (nSPS) is 14.8. The molecule has 1 aromatic carbocycles. The summed E-state index contributed by atoms with van der Waals surface area (Å²) in [5, 5.41) is 13.8. The number of halogens is 1. The van der Waals surface area contributed by atoms with E-state index in [0.29, 0.717) is 11.4 Å². The SMILES string of the molecule is Oc1c(F)cccc1-c1nc(-c2cccnc2OC2CCCC2)no1. The Hall–Kier alpha value is -2.96. The molecule has 6 nitrogen and oxygen atoms in total. The molecule has 0 amide bonds. The maximum atomic E-state index is 13.5. The molecule has 0 atom stereocenters. The fourth-order valence-corrected chi connectivity index (χ4v) is 2.95. The van der Waals surface area contributed by atoms with Crippen molar-refractivity contribution >= 4 is 0 Å². The van der Waals surface area contributed by atoms with E-state index < -0.39 is 11.6 Å². The number of nitrogens with zero attached hydrogens (tertiary/aromatic N) is 3. The zero-order valence-electron chi connectivity index (χ0n) is 13.4. The van der Waals surface area contributed by atoms with Gasteiger partial charge in [-0.3, -0.25) is 0 Å². The van der Waals surface area contributed by atoms with Gasteiger partial charge in [-0.05, 0) is 49.9 Å². The number of benzene rings is 1. The molecule has 1 aliphatic rings. The summed E-state index contributed by atoms with van der Waals surface area (Å²) in [6.45, 7) is 0. The molecule has 0 spiro atoms. The number of hydrogen-bond acceptors (Lipinski definition) is 6. The first-order chi connectivity index (χ1) is 12.2. The van der Waals surface area contributed by atoms with Crippen LogP contribution in [0.3, 0.4) is 0 Å². The van der Waals surface area contributed by atoms with Crippen molar-refractivity contribution < 1.29 is 18.8 Å². The summed E-state index contributed by atoms with van der Waals surface area (Å²) in [5.74, 6) is -0.511. The average molecular weight is 341 g/mol. The minimum absolute atomic E-state index is 0.0302. The number of phenols is 1. The summed E-state index contributed by atoms with van der Waals surface area (Å²) in [7, 11) is 0. The van der Waals surface area contributed by atoms with Crippen LogP contribution in [0.2, 0.25) is 0 Å². The van der Waals surface area contributed by atoms with Crippen LogP contribution in [-0.4, -0.2) is 26.3 Å². The number of ether oxygens (including phenoxy) is 1. The Morgan fingerprint density at radius 3 is 2.76 bits per heavy atom. The van der Waals surface area contributed by atoms with E-state index in [2.05, 4.69) is 15.1 Å². The lowest BCUT2D eigenvalue weighted by atomic mass is 10.2. The highest BCUT2D eigenvalue weighted by Gasteiger charge is 2.22. The van der Waals surface area contributed by atoms with Crippen LogP contribution in [0.15, 0.2) is 41.1 Å². The zero-order chi connectivity index (χ0) is 17.2. The standard InChI is InChI=1S/C18H16FN3O3/c19-14-9-3-7-12(15(14)23)18-21-16(22-25-18)13-8-4-10-20-17(13)24-11-5-1-2-6-11/h3-4,7-11,23H,1-2,5-6H2. The summed E-state index contributed by atoms with van der Waals surface area (Å²) >= 11 is 0. The second-order valence-electron chi connectivity index (χ2n) is 5.94. The first-order valence-corrected chi connectivity index (χ1v) is 8.16. The van der Waals surface area contributed by atoms with Gasteiger partial charge >= 0.3 is 0 Å². The molecule has 0 aliphatic heterocycles. The molecule has 1 N–H and O–H groups in total. The van der Waals surface area contributed by atoms with Gasteiger partial charge in [0.2, 0.25) is 11.7 Å². The van der Waals surface area contributed by atoms with Crippen LogP contribution >= 0.6 is 0 Å². The van der Waals surface area contributed by atoms with E-state index in [1.54, 1.807) is 18.3 Å². The monoisotopic (exact) mass is 341 g/mol. The van der Waals surface area contributed by atoms with Crippen LogP contribution in [0.25, 0.3) is 22.8 Å². The van der Waals surface area contributed by atoms with Crippen LogP contribution < -0.4 is 4.74 Å². The van der Waals surface area contributed by atoms with Gasteiger partial charge in [-0.2, -0.15) is 4.98 Å². The van der Waals surface area contributed by atoms with Gasteiger partial charge in [0.05, 0.1) is 11.1 Å². The van der Waals surface area contributed by atoms with Crippen molar-refractivity contribution in [3.8, 4) is 34.5 Å². The zero-order valence-corrected chi connectivity index (χ0v) is 13.4. The molecule has 1 fully saturated rings. The van der Waals surface area contributed by atoms with E-state index in [0.717, 1.165) is 31.7 Å². The maximum absolute atomic E-state index is 13.5. The summed E-state index contributed by atoms with van der Waals surface area (Å²) in [4.78, 5) is 8.54. The largest absolute Gasteiger partial charge is 0.504 e. The van der Waals surface area contributed by atoms with Crippen molar-refractivity contribution in [2.24, 2.45) is 0 Å². The van der Waals surface area contributed by atoms with Crippen molar-refractivity contribution in [1.29, 1.82) is 0 Å². The van der Waals surface area contributed by atoms with Crippen LogP contribution in [0.5, 0.6) is 11.6 Å². The van der Waals surface area contributed by atoms with E-state index in [1.165, 1.54) is 12.1 Å². The minimum atomic E-state index is -0.746. The number of phenolic OH excluding ortho intramolecular Hbond substituents is 1. The van der Waals surface area contributed by atoms with Gasteiger partial charge in [-0.1, -0.05) is 11.2 Å². The molecule has 0 bridgehead atoms. The van der Waals surface area contributed by atoms with Crippen LogP contribution in [0, 0.1) is 5.82 Å². The highest BCUT2D eigenvalue weighted by molar-refractivity contribution is 5.66. The van der Waals surface area contributed by atoms with Gasteiger partial charge < -0.3 is 14.4 Å². The van der Waals surface area contributed by atoms with Crippen molar-refractivity contribution in [2.45, 2.75) is 31.8 Å². The quantitative estimate of drug-likeness (QED) is 0.773. The summed E-state index contributed by atoms with van der Waals surface area (Å²) in [6, 6.07) is 7.68. The van der Waals surface area contributed by atoms with E-state index in [4.69, 9.17) is 9.26 Å². The third-order valence-electron chi connectivity index (χ3n) is 4.24. The van der Waals surface area contributed by atoms with E-state index in [9.17, 15) is 9.50 Å². The summed E-state index contributed by atoms with van der Waals surface area (Å²) in [6.07, 6.45) is 6.10. The second kappa shape index (κ2) is 6.51. The van der Waals surface area contributed by atoms with Crippen LogP contribution in [-0.2, 0) is 0 Å². The predicted octanol–water partition coefficient (Wildman–Crippen LogP) is 3.96. The fraction of sp³-hybridized carbons (Fsp3) is 0.278. The molecule has 2 heterocycles. The average Bonchev–Trinajstić information content (AvgIpc) is 3.30. The van der Waals surface area contributed by atoms with Crippen molar-refractivity contribution in [1.82, 2.24) is 15.1 Å². The highest BCUT2D eigenvalue weighted by Crippen LogP contribution is 2.34. The van der Waals surface area contributed by atoms with Gasteiger partial charge in [0.15, 0.2) is 11.6 Å². The third-order valence-corrected chi connectivity index (χ3v) is 4.24. The van der Waals surface area contributed by atoms with E-state index in [1.807, 2.05) is 0 Å². The lowest BCUT2D eigenvalue weighted by molar-refractivity contribution is 0.202. The van der Waals surface area contributed by atoms with Gasteiger partial charge in [0.1, 0.15) is 6.10 Å². The Morgan fingerprint density at radius 2 is 1.92 bits per heavy atom. The van der Waals surface area contributed by atoms with Crippen LogP contribution in [0.1, 0.15) is 25.7 Å². The Kier molecular flexibility index (Phi) is 4.05. The van der Waals surface area contributed by atoms with E-state index >= 15 is 0 Å². The van der Waals surface area contributed by atoms with Crippen LogP contribution in [0.4, 0.5) is 4.39 Å². The first-order valence-electron chi connectivity index (χ1n) is 8.16. The molecule has 0 unspecified atom stereocenters. The maximum Gasteiger partial charge on any atom is 0.262 e. The molecular weight excluding hydrogens is 325 g/mol. The topological polar surface area (TPSA) is 81.3 Å². The smallest absolute Gasteiger partial charge is 0.262 e. The predicted molar refractivity (Wildman–Crippen MR) is 87.5 cm³/mol. The lowest BCUT2D eigenvalue weighted by Crippen LogP contribution is -2.12. The molecular formula is C18H16FN3O3. The van der Waals surface area contributed by atoms with Gasteiger partial charge in [-0.15, -0.1) is 0 Å². The molecule has 1 saturated carbocycles. The third kappa shape index (κ3) is 3.05. The first kappa shape index (κ1) is 15.6. The lowest BCUT2D eigenvalue weighted by Gasteiger charge is -2.13. The van der Waals surface area contributed by atoms with Gasteiger partial charge in [0.25, 0.3) is 5.89 Å². The number of pyridine rings is 1. The minimum Gasteiger partial charge on any atom is -0.504 e. The number of rotatable bonds is 4. The number of para-hydroxylation sites is 1. The highest BCUT2D eigenvalue weighted by atomic mass is 19.1.